The number of rotatable bonds is 11. The van der Waals surface area contributed by atoms with E-state index in [2.05, 4.69) is 52.8 Å². The van der Waals surface area contributed by atoms with E-state index >= 15 is 0 Å². The number of likely N-dealkylation sites (tertiary alicyclic amines) is 1. The van der Waals surface area contributed by atoms with Crippen molar-refractivity contribution in [3.8, 4) is 0 Å². The number of aliphatic imine (C=N–C) groups is 1. The fraction of sp³-hybridized carbons (Fsp3) is 0.682. The highest BCUT2D eigenvalue weighted by Crippen LogP contribution is 2.20. The second kappa shape index (κ2) is 16.0. The first-order valence-corrected chi connectivity index (χ1v) is 10.7. The Bertz CT molecular complexity index is 527. The van der Waals surface area contributed by atoms with Crippen LogP contribution in [-0.2, 0) is 11.3 Å². The molecule has 1 atom stereocenters. The Morgan fingerprint density at radius 2 is 1.96 bits per heavy atom. The molecule has 1 aromatic carbocycles. The van der Waals surface area contributed by atoms with Crippen LogP contribution in [-0.4, -0.2) is 56.3 Å². The summed E-state index contributed by atoms with van der Waals surface area (Å²) >= 11 is 0. The van der Waals surface area contributed by atoms with Gasteiger partial charge in [0.25, 0.3) is 0 Å². The number of unbranched alkanes of at least 4 members (excludes halogenated alkanes) is 1. The maximum Gasteiger partial charge on any atom is 0.191 e. The van der Waals surface area contributed by atoms with E-state index in [9.17, 15) is 0 Å². The van der Waals surface area contributed by atoms with Crippen LogP contribution in [0.4, 0.5) is 0 Å². The van der Waals surface area contributed by atoms with Gasteiger partial charge in [0.15, 0.2) is 5.96 Å². The standard InChI is InChI=1S/C22H38N4O.HI/c1-3-23-22(24-15-9-11-17-27-4-2)25-18-21-14-8-10-16-26(21)19-20-12-6-5-7-13-20;/h5-7,12-13,21H,3-4,8-11,14-19H2,1-2H3,(H2,23,24,25);1H. The molecule has 1 saturated heterocycles. The van der Waals surface area contributed by atoms with E-state index in [-0.39, 0.29) is 24.0 Å². The van der Waals surface area contributed by atoms with Crippen molar-refractivity contribution in [2.75, 3.05) is 39.4 Å². The Hall–Kier alpha value is -0.860. The first-order chi connectivity index (χ1) is 13.3. The van der Waals surface area contributed by atoms with Crippen molar-refractivity contribution in [1.29, 1.82) is 0 Å². The van der Waals surface area contributed by atoms with Gasteiger partial charge in [0, 0.05) is 38.9 Å². The zero-order valence-electron chi connectivity index (χ0n) is 17.7. The lowest BCUT2D eigenvalue weighted by Crippen LogP contribution is -2.43. The van der Waals surface area contributed by atoms with Crippen LogP contribution < -0.4 is 10.6 Å². The Morgan fingerprint density at radius 1 is 1.14 bits per heavy atom. The number of nitrogens with zero attached hydrogens (tertiary/aromatic N) is 2. The average molecular weight is 502 g/mol. The maximum absolute atomic E-state index is 5.40. The third-order valence-corrected chi connectivity index (χ3v) is 4.99. The van der Waals surface area contributed by atoms with E-state index in [1.165, 1.54) is 31.4 Å². The summed E-state index contributed by atoms with van der Waals surface area (Å²) in [6.07, 6.45) is 6.05. The Kier molecular flexibility index (Phi) is 14.4. The Morgan fingerprint density at radius 3 is 2.71 bits per heavy atom. The fourth-order valence-corrected chi connectivity index (χ4v) is 3.51. The summed E-state index contributed by atoms with van der Waals surface area (Å²) in [5, 5.41) is 6.84. The monoisotopic (exact) mass is 502 g/mol. The van der Waals surface area contributed by atoms with Crippen molar-refractivity contribution in [1.82, 2.24) is 15.5 Å². The largest absolute Gasteiger partial charge is 0.382 e. The normalized spacial score (nSPS) is 17.8. The van der Waals surface area contributed by atoms with Gasteiger partial charge in [0.2, 0.25) is 0 Å². The van der Waals surface area contributed by atoms with Gasteiger partial charge in [-0.25, -0.2) is 0 Å². The molecule has 0 bridgehead atoms. The molecular weight excluding hydrogens is 463 g/mol. The molecule has 0 aromatic heterocycles. The molecule has 160 valence electrons. The highest BCUT2D eigenvalue weighted by atomic mass is 127. The third-order valence-electron chi connectivity index (χ3n) is 4.99. The first-order valence-electron chi connectivity index (χ1n) is 10.7. The van der Waals surface area contributed by atoms with Crippen LogP contribution in [0.2, 0.25) is 0 Å². The quantitative estimate of drug-likeness (QED) is 0.208. The molecule has 1 fully saturated rings. The minimum Gasteiger partial charge on any atom is -0.382 e. The van der Waals surface area contributed by atoms with Crippen molar-refractivity contribution in [2.45, 2.75) is 58.5 Å². The predicted molar refractivity (Wildman–Crippen MR) is 130 cm³/mol. The lowest BCUT2D eigenvalue weighted by Gasteiger charge is -2.35. The maximum atomic E-state index is 5.40. The molecule has 1 heterocycles. The Balaban J connectivity index is 0.00000392. The van der Waals surface area contributed by atoms with Crippen LogP contribution in [0.5, 0.6) is 0 Å². The second-order valence-corrected chi connectivity index (χ2v) is 7.16. The van der Waals surface area contributed by atoms with Gasteiger partial charge in [-0.15, -0.1) is 24.0 Å². The Labute approximate surface area is 188 Å². The molecule has 6 heteroatoms. The van der Waals surface area contributed by atoms with Gasteiger partial charge in [-0.1, -0.05) is 36.8 Å². The van der Waals surface area contributed by atoms with Crippen LogP contribution in [0.3, 0.4) is 0 Å². The molecule has 0 amide bonds. The van der Waals surface area contributed by atoms with Crippen molar-refractivity contribution in [3.05, 3.63) is 35.9 Å². The molecule has 0 spiro atoms. The van der Waals surface area contributed by atoms with Gasteiger partial charge in [0.05, 0.1) is 6.54 Å². The minimum absolute atomic E-state index is 0. The summed E-state index contributed by atoms with van der Waals surface area (Å²) in [6, 6.07) is 11.3. The molecule has 2 rings (SSSR count). The van der Waals surface area contributed by atoms with Gasteiger partial charge < -0.3 is 15.4 Å². The van der Waals surface area contributed by atoms with Crippen LogP contribution in [0, 0.1) is 0 Å². The minimum atomic E-state index is 0. The summed E-state index contributed by atoms with van der Waals surface area (Å²) < 4.78 is 5.40. The van der Waals surface area contributed by atoms with Crippen molar-refractivity contribution in [2.24, 2.45) is 4.99 Å². The number of hydrogen-bond donors (Lipinski definition) is 2. The number of benzene rings is 1. The number of hydrogen-bond acceptors (Lipinski definition) is 3. The fourth-order valence-electron chi connectivity index (χ4n) is 3.51. The van der Waals surface area contributed by atoms with Crippen LogP contribution in [0.25, 0.3) is 0 Å². The van der Waals surface area contributed by atoms with Crippen LogP contribution >= 0.6 is 24.0 Å². The van der Waals surface area contributed by atoms with Gasteiger partial charge in [-0.2, -0.15) is 0 Å². The molecule has 1 aromatic rings. The number of halogens is 1. The highest BCUT2D eigenvalue weighted by molar-refractivity contribution is 14.0. The summed E-state index contributed by atoms with van der Waals surface area (Å²) in [4.78, 5) is 7.49. The SMILES string of the molecule is CCNC(=NCC1CCCCN1Cc1ccccc1)NCCCCOCC.I. The lowest BCUT2D eigenvalue weighted by molar-refractivity contribution is 0.143. The molecule has 28 heavy (non-hydrogen) atoms. The van der Waals surface area contributed by atoms with Crippen molar-refractivity contribution < 1.29 is 4.74 Å². The van der Waals surface area contributed by atoms with Gasteiger partial charge in [-0.05, 0) is 51.6 Å². The van der Waals surface area contributed by atoms with Gasteiger partial charge in [-0.3, -0.25) is 9.89 Å². The van der Waals surface area contributed by atoms with E-state index in [0.29, 0.717) is 6.04 Å². The molecule has 2 N–H and O–H groups in total. The molecule has 0 aliphatic carbocycles. The predicted octanol–water partition coefficient (Wildman–Crippen LogP) is 4.03. The smallest absolute Gasteiger partial charge is 0.191 e. The number of piperidine rings is 1. The second-order valence-electron chi connectivity index (χ2n) is 7.16. The molecule has 1 aliphatic heterocycles. The summed E-state index contributed by atoms with van der Waals surface area (Å²) in [7, 11) is 0. The van der Waals surface area contributed by atoms with Crippen molar-refractivity contribution >= 4 is 29.9 Å². The van der Waals surface area contributed by atoms with Crippen LogP contribution in [0.1, 0.15) is 51.5 Å². The van der Waals surface area contributed by atoms with E-state index in [4.69, 9.17) is 9.73 Å². The van der Waals surface area contributed by atoms with E-state index in [0.717, 1.165) is 58.2 Å². The molecular formula is C22H39IN4O. The average Bonchev–Trinajstić information content (AvgIpc) is 2.70. The van der Waals surface area contributed by atoms with E-state index < -0.39 is 0 Å². The summed E-state index contributed by atoms with van der Waals surface area (Å²) in [5.41, 5.74) is 1.40. The van der Waals surface area contributed by atoms with E-state index in [1.54, 1.807) is 0 Å². The highest BCUT2D eigenvalue weighted by Gasteiger charge is 2.22. The van der Waals surface area contributed by atoms with Crippen LogP contribution in [0.15, 0.2) is 35.3 Å². The van der Waals surface area contributed by atoms with Gasteiger partial charge >= 0.3 is 0 Å². The molecule has 0 saturated carbocycles. The molecule has 5 nitrogen and oxygen atoms in total. The van der Waals surface area contributed by atoms with Gasteiger partial charge in [0.1, 0.15) is 0 Å². The third kappa shape index (κ3) is 10.1. The lowest BCUT2D eigenvalue weighted by atomic mass is 10.0. The zero-order chi connectivity index (χ0) is 19.2. The number of nitrogens with one attached hydrogen (secondary N) is 2. The summed E-state index contributed by atoms with van der Waals surface area (Å²) in [5.74, 6) is 0.944. The van der Waals surface area contributed by atoms with E-state index in [1.807, 2.05) is 6.92 Å². The summed E-state index contributed by atoms with van der Waals surface area (Å²) in [6.45, 7) is 10.7. The molecule has 1 aliphatic rings. The van der Waals surface area contributed by atoms with Crippen molar-refractivity contribution in [3.63, 3.8) is 0 Å². The topological polar surface area (TPSA) is 48.9 Å². The zero-order valence-corrected chi connectivity index (χ0v) is 20.0. The molecule has 1 unspecified atom stereocenters. The number of guanidine groups is 1. The number of ether oxygens (including phenoxy) is 1. The first kappa shape index (κ1) is 25.2. The molecule has 0 radical (unpaired) electrons.